The van der Waals surface area contributed by atoms with Gasteiger partial charge < -0.3 is 26.0 Å². The zero-order valence-corrected chi connectivity index (χ0v) is 26.1. The largest absolute Gasteiger partial charge is 0.381 e. The van der Waals surface area contributed by atoms with Gasteiger partial charge in [-0.3, -0.25) is 19.2 Å². The molecule has 4 amide bonds. The van der Waals surface area contributed by atoms with Gasteiger partial charge in [-0.05, 0) is 56.0 Å². The van der Waals surface area contributed by atoms with E-state index < -0.39 is 34.7 Å². The van der Waals surface area contributed by atoms with Crippen molar-refractivity contribution in [3.05, 3.63) is 107 Å². The number of aliphatic hydroxyl groups excluding tert-OH is 1. The van der Waals surface area contributed by atoms with Crippen LogP contribution in [0.1, 0.15) is 47.3 Å². The second-order valence-corrected chi connectivity index (χ2v) is 13.0. The zero-order valence-electron chi connectivity index (χ0n) is 25.3. The second-order valence-electron chi connectivity index (χ2n) is 11.4. The van der Waals surface area contributed by atoms with E-state index in [4.69, 9.17) is 0 Å². The van der Waals surface area contributed by atoms with Crippen molar-refractivity contribution >= 4 is 35.4 Å². The summed E-state index contributed by atoms with van der Waals surface area (Å²) in [6.45, 7) is 6.19. The molecule has 1 heterocycles. The number of thioether (sulfide) groups is 1. The molecule has 0 radical (unpaired) electrons. The SMILES string of the molecule is Cc1ccccc1CNC(=O)[C@H]1N(C(=O)[C@@H](O)[C@H](Cc2ccccc2)NC(=O)CCNC(=O)c2ccccc2)CSC1(C)C. The van der Waals surface area contributed by atoms with Gasteiger partial charge in [0, 0.05) is 29.8 Å². The third-order valence-corrected chi connectivity index (χ3v) is 9.12. The van der Waals surface area contributed by atoms with Gasteiger partial charge in [0.2, 0.25) is 11.8 Å². The molecule has 1 aliphatic rings. The highest BCUT2D eigenvalue weighted by molar-refractivity contribution is 8.00. The Morgan fingerprint density at radius 1 is 0.932 bits per heavy atom. The molecule has 10 heteroatoms. The van der Waals surface area contributed by atoms with Crippen LogP contribution in [0.25, 0.3) is 0 Å². The molecular weight excluding hydrogens is 576 g/mol. The van der Waals surface area contributed by atoms with Crippen molar-refractivity contribution in [3.8, 4) is 0 Å². The average molecular weight is 617 g/mol. The maximum absolute atomic E-state index is 13.8. The molecule has 4 rings (SSSR count). The van der Waals surface area contributed by atoms with E-state index in [1.807, 2.05) is 81.4 Å². The number of carbonyl (C=O) groups excluding carboxylic acids is 4. The number of aryl methyl sites for hydroxylation is 1. The number of nitrogens with zero attached hydrogens (tertiary/aromatic N) is 1. The van der Waals surface area contributed by atoms with Crippen LogP contribution in [0.4, 0.5) is 0 Å². The van der Waals surface area contributed by atoms with Gasteiger partial charge in [0.1, 0.15) is 6.04 Å². The van der Waals surface area contributed by atoms with Gasteiger partial charge in [-0.15, -0.1) is 11.8 Å². The lowest BCUT2D eigenvalue weighted by molar-refractivity contribution is -0.147. The number of amides is 4. The molecule has 0 aliphatic carbocycles. The van der Waals surface area contributed by atoms with Crippen molar-refractivity contribution in [2.75, 3.05) is 12.4 Å². The van der Waals surface area contributed by atoms with Crippen molar-refractivity contribution in [3.63, 3.8) is 0 Å². The Morgan fingerprint density at radius 2 is 1.57 bits per heavy atom. The van der Waals surface area contributed by atoms with Crippen molar-refractivity contribution in [2.45, 2.75) is 63.1 Å². The lowest BCUT2D eigenvalue weighted by Crippen LogP contribution is -2.58. The molecule has 3 aromatic rings. The van der Waals surface area contributed by atoms with Crippen molar-refractivity contribution < 1.29 is 24.3 Å². The van der Waals surface area contributed by atoms with E-state index in [1.54, 1.807) is 24.3 Å². The number of hydrogen-bond acceptors (Lipinski definition) is 6. The molecule has 3 aromatic carbocycles. The van der Waals surface area contributed by atoms with E-state index in [0.717, 1.165) is 16.7 Å². The fraction of sp³-hybridized carbons (Fsp3) is 0.353. The second kappa shape index (κ2) is 15.0. The van der Waals surface area contributed by atoms with Gasteiger partial charge in [-0.2, -0.15) is 0 Å². The highest BCUT2D eigenvalue weighted by Gasteiger charge is 2.49. The number of nitrogens with one attached hydrogen (secondary N) is 3. The lowest BCUT2D eigenvalue weighted by atomic mass is 9.97. The number of aliphatic hydroxyl groups is 1. The summed E-state index contributed by atoms with van der Waals surface area (Å²) in [6, 6.07) is 23.9. The standard InChI is InChI=1S/C34H40N4O5S/c1-23-12-10-11-17-26(23)21-36-32(42)30-34(2,3)44-22-38(30)33(43)29(40)27(20-24-13-6-4-7-14-24)37-28(39)18-19-35-31(41)25-15-8-5-9-16-25/h4-17,27,29-30,40H,18-22H2,1-3H3,(H,35,41)(H,36,42)(H,37,39)/t27-,29-,30+/m0/s1. The Balaban J connectivity index is 1.44. The van der Waals surface area contributed by atoms with Gasteiger partial charge in [-0.25, -0.2) is 0 Å². The first-order chi connectivity index (χ1) is 21.1. The van der Waals surface area contributed by atoms with Crippen LogP contribution in [0.2, 0.25) is 0 Å². The molecule has 1 fully saturated rings. The maximum atomic E-state index is 13.8. The van der Waals surface area contributed by atoms with Crippen molar-refractivity contribution in [2.24, 2.45) is 0 Å². The Bertz CT molecular complexity index is 1450. The molecule has 0 aromatic heterocycles. The summed E-state index contributed by atoms with van der Waals surface area (Å²) in [7, 11) is 0. The summed E-state index contributed by atoms with van der Waals surface area (Å²) >= 11 is 1.46. The van der Waals surface area contributed by atoms with E-state index in [2.05, 4.69) is 16.0 Å². The Hall–Kier alpha value is -4.15. The molecular formula is C34H40N4O5S. The molecule has 0 saturated carbocycles. The number of rotatable bonds is 12. The fourth-order valence-corrected chi connectivity index (χ4v) is 6.35. The van der Waals surface area contributed by atoms with E-state index in [9.17, 15) is 24.3 Å². The van der Waals surface area contributed by atoms with Gasteiger partial charge in [0.15, 0.2) is 6.10 Å². The fourth-order valence-electron chi connectivity index (χ4n) is 5.21. The van der Waals surface area contributed by atoms with E-state index in [1.165, 1.54) is 16.7 Å². The van der Waals surface area contributed by atoms with Crippen molar-refractivity contribution in [1.29, 1.82) is 0 Å². The van der Waals surface area contributed by atoms with Crippen LogP contribution in [0.15, 0.2) is 84.9 Å². The highest BCUT2D eigenvalue weighted by Crippen LogP contribution is 2.40. The number of hydrogen-bond donors (Lipinski definition) is 4. The monoisotopic (exact) mass is 616 g/mol. The van der Waals surface area contributed by atoms with Crippen molar-refractivity contribution in [1.82, 2.24) is 20.9 Å². The van der Waals surface area contributed by atoms with Crippen LogP contribution < -0.4 is 16.0 Å². The summed E-state index contributed by atoms with van der Waals surface area (Å²) in [6.07, 6.45) is -1.44. The van der Waals surface area contributed by atoms with E-state index in [-0.39, 0.29) is 37.1 Å². The van der Waals surface area contributed by atoms with Crippen LogP contribution in [-0.4, -0.2) is 69.0 Å². The average Bonchev–Trinajstić information content (AvgIpc) is 3.35. The summed E-state index contributed by atoms with van der Waals surface area (Å²) in [5, 5.41) is 19.9. The van der Waals surface area contributed by atoms with Gasteiger partial charge in [0.25, 0.3) is 11.8 Å². The zero-order chi connectivity index (χ0) is 31.7. The predicted octanol–water partition coefficient (Wildman–Crippen LogP) is 3.20. The topological polar surface area (TPSA) is 128 Å². The highest BCUT2D eigenvalue weighted by atomic mass is 32.2. The number of benzene rings is 3. The Morgan fingerprint density at radius 3 is 2.25 bits per heavy atom. The molecule has 4 N–H and O–H groups in total. The van der Waals surface area contributed by atoms with Gasteiger partial charge in [0.05, 0.1) is 11.9 Å². The summed E-state index contributed by atoms with van der Waals surface area (Å²) in [5.74, 6) is -1.42. The first-order valence-electron chi connectivity index (χ1n) is 14.7. The molecule has 0 spiro atoms. The van der Waals surface area contributed by atoms with Gasteiger partial charge >= 0.3 is 0 Å². The summed E-state index contributed by atoms with van der Waals surface area (Å²) in [4.78, 5) is 54.0. The third kappa shape index (κ3) is 8.48. The lowest BCUT2D eigenvalue weighted by Gasteiger charge is -2.33. The quantitative estimate of drug-likeness (QED) is 0.248. The minimum Gasteiger partial charge on any atom is -0.381 e. The molecule has 232 valence electrons. The predicted molar refractivity (Wildman–Crippen MR) is 172 cm³/mol. The van der Waals surface area contributed by atoms with Crippen LogP contribution in [-0.2, 0) is 27.3 Å². The van der Waals surface area contributed by atoms with Crippen LogP contribution >= 0.6 is 11.8 Å². The molecule has 0 unspecified atom stereocenters. The Kier molecular flexibility index (Phi) is 11.2. The van der Waals surface area contributed by atoms with E-state index >= 15 is 0 Å². The molecule has 44 heavy (non-hydrogen) atoms. The van der Waals surface area contributed by atoms with E-state index in [0.29, 0.717) is 12.1 Å². The summed E-state index contributed by atoms with van der Waals surface area (Å²) < 4.78 is -0.597. The van der Waals surface area contributed by atoms with Gasteiger partial charge in [-0.1, -0.05) is 72.8 Å². The molecule has 9 nitrogen and oxygen atoms in total. The first kappa shape index (κ1) is 32.8. The molecule has 3 atom stereocenters. The van der Waals surface area contributed by atoms with Crippen LogP contribution in [0.5, 0.6) is 0 Å². The normalized spacial score (nSPS) is 16.9. The molecule has 1 aliphatic heterocycles. The summed E-state index contributed by atoms with van der Waals surface area (Å²) in [5.41, 5.74) is 3.34. The smallest absolute Gasteiger partial charge is 0.254 e. The first-order valence-corrected chi connectivity index (χ1v) is 15.7. The minimum atomic E-state index is -1.60. The van der Waals surface area contributed by atoms with Crippen LogP contribution in [0.3, 0.4) is 0 Å². The minimum absolute atomic E-state index is 0.0404. The van der Waals surface area contributed by atoms with Crippen LogP contribution in [0, 0.1) is 6.92 Å². The Labute approximate surface area is 262 Å². The number of carbonyl (C=O) groups is 4. The molecule has 0 bridgehead atoms. The third-order valence-electron chi connectivity index (χ3n) is 7.74. The maximum Gasteiger partial charge on any atom is 0.254 e. The molecule has 1 saturated heterocycles.